The Labute approximate surface area is 174 Å². The molecule has 0 bridgehead atoms. The Morgan fingerprint density at radius 3 is 2.70 bits per heavy atom. The molecule has 0 aliphatic heterocycles. The monoisotopic (exact) mass is 427 g/mol. The molecule has 2 heterocycles. The van der Waals surface area contributed by atoms with Gasteiger partial charge in [0, 0.05) is 11.9 Å². The number of guanidine groups is 1. The largest absolute Gasteiger partial charge is 0.458 e. The van der Waals surface area contributed by atoms with Crippen LogP contribution < -0.4 is 16.8 Å². The average molecular weight is 428 g/mol. The highest BCUT2D eigenvalue weighted by Gasteiger charge is 2.09. The van der Waals surface area contributed by atoms with Crippen molar-refractivity contribution in [2.24, 2.45) is 16.5 Å². The smallest absolute Gasteiger partial charge is 0.194 e. The number of benzene rings is 1. The molecule has 0 saturated carbocycles. The first kappa shape index (κ1) is 23.0. The molecule has 6 nitrogen and oxygen atoms in total. The van der Waals surface area contributed by atoms with Crippen LogP contribution in [0, 0.1) is 6.92 Å². The minimum absolute atomic E-state index is 0. The molecule has 3 aromatic rings. The van der Waals surface area contributed by atoms with Crippen molar-refractivity contribution in [3.63, 3.8) is 0 Å². The second-order valence-corrected chi connectivity index (χ2v) is 6.43. The van der Waals surface area contributed by atoms with Crippen LogP contribution in [-0.2, 0) is 13.0 Å². The third kappa shape index (κ3) is 6.25. The van der Waals surface area contributed by atoms with Crippen molar-refractivity contribution in [3.05, 3.63) is 58.7 Å². The highest BCUT2D eigenvalue weighted by Crippen LogP contribution is 2.26. The Balaban J connectivity index is 0.00000182. The normalized spacial score (nSPS) is 10.8. The lowest BCUT2D eigenvalue weighted by atomic mass is 10.1. The predicted molar refractivity (Wildman–Crippen MR) is 117 cm³/mol. The van der Waals surface area contributed by atoms with E-state index in [-0.39, 0.29) is 24.8 Å². The number of nitrogens with zero attached hydrogens (tertiary/aromatic N) is 2. The van der Waals surface area contributed by atoms with Gasteiger partial charge < -0.3 is 21.2 Å². The highest BCUT2D eigenvalue weighted by molar-refractivity contribution is 7.14. The van der Waals surface area contributed by atoms with Gasteiger partial charge in [-0.3, -0.25) is 4.99 Å². The van der Waals surface area contributed by atoms with Gasteiger partial charge in [0.15, 0.2) is 16.9 Å². The minimum atomic E-state index is 0. The van der Waals surface area contributed by atoms with Crippen molar-refractivity contribution < 1.29 is 4.42 Å². The van der Waals surface area contributed by atoms with E-state index in [0.29, 0.717) is 29.9 Å². The Bertz CT molecular complexity index is 878. The first-order valence-electron chi connectivity index (χ1n) is 8.02. The second kappa shape index (κ2) is 10.9. The summed E-state index contributed by atoms with van der Waals surface area (Å²) in [6.45, 7) is 3.10. The van der Waals surface area contributed by atoms with Crippen molar-refractivity contribution in [3.8, 4) is 11.5 Å². The first-order chi connectivity index (χ1) is 12.2. The van der Waals surface area contributed by atoms with E-state index in [1.807, 2.05) is 29.6 Å². The highest BCUT2D eigenvalue weighted by atomic mass is 35.5. The zero-order valence-electron chi connectivity index (χ0n) is 14.8. The zero-order valence-corrected chi connectivity index (χ0v) is 17.3. The Kier molecular flexibility index (Phi) is 9.31. The maximum atomic E-state index is 5.95. The Hall–Kier alpha value is -2.06. The summed E-state index contributed by atoms with van der Waals surface area (Å²) in [7, 11) is 0. The maximum absolute atomic E-state index is 5.95. The number of furan rings is 1. The molecular weight excluding hydrogens is 405 g/mol. The lowest BCUT2D eigenvalue weighted by Gasteiger charge is -2.04. The maximum Gasteiger partial charge on any atom is 0.194 e. The van der Waals surface area contributed by atoms with E-state index < -0.39 is 0 Å². The molecule has 3 rings (SSSR count). The van der Waals surface area contributed by atoms with E-state index in [9.17, 15) is 0 Å². The number of aryl methyl sites for hydroxylation is 1. The van der Waals surface area contributed by atoms with Crippen LogP contribution in [0.2, 0.25) is 0 Å². The fourth-order valence-electron chi connectivity index (χ4n) is 2.41. The molecular formula is C18H23Cl2N5OS. The van der Waals surface area contributed by atoms with Crippen LogP contribution >= 0.6 is 36.2 Å². The molecule has 27 heavy (non-hydrogen) atoms. The zero-order chi connectivity index (χ0) is 17.6. The summed E-state index contributed by atoms with van der Waals surface area (Å²) < 4.78 is 5.59. The van der Waals surface area contributed by atoms with Crippen LogP contribution in [0.5, 0.6) is 0 Å². The van der Waals surface area contributed by atoms with Crippen LogP contribution in [0.4, 0.5) is 5.13 Å². The van der Waals surface area contributed by atoms with Gasteiger partial charge in [-0.2, -0.15) is 0 Å². The van der Waals surface area contributed by atoms with Gasteiger partial charge in [-0.15, -0.1) is 36.2 Å². The third-order valence-electron chi connectivity index (χ3n) is 3.78. The van der Waals surface area contributed by atoms with Gasteiger partial charge in [-0.05, 0) is 36.6 Å². The molecule has 0 atom stereocenters. The number of aliphatic imine (C=N–C) groups is 1. The number of rotatable bonds is 6. The average Bonchev–Trinajstić information content (AvgIpc) is 3.25. The quantitative estimate of drug-likeness (QED) is 0.407. The SMILES string of the molecule is Cc1ccccc1CCN=C(N)Nc1nc(-c2ccc(CN)o2)cs1.Cl.Cl. The van der Waals surface area contributed by atoms with Crippen molar-refractivity contribution >= 4 is 47.2 Å². The molecule has 0 saturated heterocycles. The van der Waals surface area contributed by atoms with Gasteiger partial charge in [0.2, 0.25) is 0 Å². The molecule has 5 N–H and O–H groups in total. The van der Waals surface area contributed by atoms with Gasteiger partial charge in [0.05, 0.1) is 6.54 Å². The van der Waals surface area contributed by atoms with Crippen molar-refractivity contribution in [2.75, 3.05) is 11.9 Å². The molecule has 0 unspecified atom stereocenters. The summed E-state index contributed by atoms with van der Waals surface area (Å²) in [5.41, 5.74) is 14.8. The Morgan fingerprint density at radius 1 is 1.22 bits per heavy atom. The molecule has 0 radical (unpaired) electrons. The van der Waals surface area contributed by atoms with E-state index in [4.69, 9.17) is 15.9 Å². The number of aromatic nitrogens is 1. The molecule has 0 aliphatic rings. The van der Waals surface area contributed by atoms with E-state index >= 15 is 0 Å². The molecule has 0 spiro atoms. The second-order valence-electron chi connectivity index (χ2n) is 5.58. The molecule has 0 aliphatic carbocycles. The van der Waals surface area contributed by atoms with Crippen LogP contribution in [0.25, 0.3) is 11.5 Å². The van der Waals surface area contributed by atoms with Crippen molar-refractivity contribution in [1.82, 2.24) is 4.98 Å². The van der Waals surface area contributed by atoms with E-state index in [0.717, 1.165) is 17.9 Å². The van der Waals surface area contributed by atoms with Crippen LogP contribution in [0.15, 0.2) is 51.2 Å². The van der Waals surface area contributed by atoms with Crippen molar-refractivity contribution in [1.29, 1.82) is 0 Å². The van der Waals surface area contributed by atoms with Gasteiger partial charge in [0.25, 0.3) is 0 Å². The summed E-state index contributed by atoms with van der Waals surface area (Å²) in [4.78, 5) is 8.83. The van der Waals surface area contributed by atoms with E-state index in [1.165, 1.54) is 22.5 Å². The standard InChI is InChI=1S/C18H21N5OS.2ClH/c1-12-4-2-3-5-13(12)8-9-21-17(20)23-18-22-15(11-25-18)16-7-6-14(10-19)24-16;;/h2-7,11H,8-10,19H2,1H3,(H3,20,21,22,23);2*1H. The number of anilines is 1. The molecule has 1 aromatic carbocycles. The summed E-state index contributed by atoms with van der Waals surface area (Å²) in [6.07, 6.45) is 0.854. The van der Waals surface area contributed by atoms with Gasteiger partial charge in [-0.1, -0.05) is 24.3 Å². The van der Waals surface area contributed by atoms with Gasteiger partial charge in [0.1, 0.15) is 11.5 Å². The van der Waals surface area contributed by atoms with Crippen molar-refractivity contribution in [2.45, 2.75) is 19.9 Å². The number of nitrogens with two attached hydrogens (primary N) is 2. The third-order valence-corrected chi connectivity index (χ3v) is 4.54. The Morgan fingerprint density at radius 2 is 2.00 bits per heavy atom. The first-order valence-corrected chi connectivity index (χ1v) is 8.90. The summed E-state index contributed by atoms with van der Waals surface area (Å²) >= 11 is 1.45. The molecule has 146 valence electrons. The number of halogens is 2. The van der Waals surface area contributed by atoms with E-state index in [2.05, 4.69) is 34.3 Å². The number of thiazole rings is 1. The van der Waals surface area contributed by atoms with Crippen LogP contribution in [-0.4, -0.2) is 17.5 Å². The summed E-state index contributed by atoms with van der Waals surface area (Å²) in [5.74, 6) is 1.78. The summed E-state index contributed by atoms with van der Waals surface area (Å²) in [6, 6.07) is 12.0. The van der Waals surface area contributed by atoms with Gasteiger partial charge in [-0.25, -0.2) is 4.98 Å². The fourth-order valence-corrected chi connectivity index (χ4v) is 3.11. The minimum Gasteiger partial charge on any atom is -0.458 e. The lowest BCUT2D eigenvalue weighted by molar-refractivity contribution is 0.524. The molecule has 9 heteroatoms. The van der Waals surface area contributed by atoms with Crippen LogP contribution in [0.1, 0.15) is 16.9 Å². The summed E-state index contributed by atoms with van der Waals surface area (Å²) in [5, 5.41) is 5.61. The van der Waals surface area contributed by atoms with Gasteiger partial charge >= 0.3 is 0 Å². The molecule has 0 amide bonds. The lowest BCUT2D eigenvalue weighted by Crippen LogP contribution is -2.23. The number of hydrogen-bond acceptors (Lipinski definition) is 5. The van der Waals surface area contributed by atoms with Crippen LogP contribution in [0.3, 0.4) is 0 Å². The number of nitrogens with one attached hydrogen (secondary N) is 1. The topological polar surface area (TPSA) is 102 Å². The molecule has 0 fully saturated rings. The van der Waals surface area contributed by atoms with E-state index in [1.54, 1.807) is 0 Å². The fraction of sp³-hybridized carbons (Fsp3) is 0.222. The molecule has 2 aromatic heterocycles. The number of hydrogen-bond donors (Lipinski definition) is 3. The predicted octanol–water partition coefficient (Wildman–Crippen LogP) is 3.98.